The summed E-state index contributed by atoms with van der Waals surface area (Å²) in [7, 11) is 0. The van der Waals surface area contributed by atoms with Crippen LogP contribution in [0.1, 0.15) is 31.7 Å². The van der Waals surface area contributed by atoms with Gasteiger partial charge in [-0.1, -0.05) is 24.8 Å². The molecule has 2 aromatic heterocycles. The van der Waals surface area contributed by atoms with Crippen molar-refractivity contribution in [1.82, 2.24) is 25.1 Å². The number of nitriles is 1. The van der Waals surface area contributed by atoms with Gasteiger partial charge in [-0.3, -0.25) is 4.79 Å². The van der Waals surface area contributed by atoms with Crippen LogP contribution in [-0.2, 0) is 4.79 Å². The Kier molecular flexibility index (Phi) is 6.33. The lowest BCUT2D eigenvalue weighted by Gasteiger charge is -2.29. The minimum absolute atomic E-state index is 0.00278. The van der Waals surface area contributed by atoms with E-state index in [-0.39, 0.29) is 17.7 Å². The number of para-hydroxylation sites is 1. The maximum absolute atomic E-state index is 12.0. The number of amides is 1. The lowest BCUT2D eigenvalue weighted by Crippen LogP contribution is -2.38. The van der Waals surface area contributed by atoms with Crippen LogP contribution in [-0.4, -0.2) is 31.7 Å². The summed E-state index contributed by atoms with van der Waals surface area (Å²) in [6, 6.07) is 19.2. The van der Waals surface area contributed by atoms with E-state index in [1.54, 1.807) is 6.07 Å². The molecular formula is C27H25N7O2. The summed E-state index contributed by atoms with van der Waals surface area (Å²) in [5.41, 5.74) is 8.49. The smallest absolute Gasteiger partial charge is 0.261 e. The Morgan fingerprint density at radius 2 is 1.75 bits per heavy atom. The number of anilines is 1. The first kappa shape index (κ1) is 23.1. The van der Waals surface area contributed by atoms with E-state index in [9.17, 15) is 4.79 Å². The second-order valence-electron chi connectivity index (χ2n) is 8.76. The number of benzene rings is 2. The maximum atomic E-state index is 12.0. The Balaban J connectivity index is 1.38. The number of nitrogens with one attached hydrogen (secondary N) is 1. The molecule has 9 nitrogen and oxygen atoms in total. The Hall–Kier alpha value is -4.71. The Labute approximate surface area is 208 Å². The number of nitrogens with zero attached hydrogens (tertiary/aromatic N) is 5. The lowest BCUT2D eigenvalue weighted by atomic mass is 9.91. The van der Waals surface area contributed by atoms with Gasteiger partial charge in [-0.25, -0.2) is 14.6 Å². The number of fused-ring (bicyclic) bond motifs is 1. The quantitative estimate of drug-likeness (QED) is 0.306. The van der Waals surface area contributed by atoms with Gasteiger partial charge in [-0.05, 0) is 62.1 Å². The number of ether oxygens (including phenoxy) is 1. The first-order valence-electron chi connectivity index (χ1n) is 11.8. The number of aromatic nitrogens is 4. The molecule has 4 aromatic rings. The van der Waals surface area contributed by atoms with Gasteiger partial charge >= 0.3 is 0 Å². The first-order valence-corrected chi connectivity index (χ1v) is 11.8. The van der Waals surface area contributed by atoms with Gasteiger partial charge in [0, 0.05) is 11.6 Å². The number of carbonyl (C=O) groups is 1. The van der Waals surface area contributed by atoms with Crippen LogP contribution in [0.3, 0.4) is 0 Å². The molecule has 0 radical (unpaired) electrons. The summed E-state index contributed by atoms with van der Waals surface area (Å²) in [6.45, 7) is 3.48. The highest BCUT2D eigenvalue weighted by Gasteiger charge is 2.28. The highest BCUT2D eigenvalue weighted by atomic mass is 16.5. The molecule has 3 N–H and O–H groups in total. The third-order valence-corrected chi connectivity index (χ3v) is 6.41. The van der Waals surface area contributed by atoms with Crippen molar-refractivity contribution in [2.24, 2.45) is 0 Å². The van der Waals surface area contributed by atoms with Crippen LogP contribution in [0.15, 0.2) is 73.1 Å². The Morgan fingerprint density at radius 1 is 1.06 bits per heavy atom. The number of hydrogen-bond donors (Lipinski definition) is 2. The fraction of sp³-hybridized carbons (Fsp3) is 0.222. The van der Waals surface area contributed by atoms with Crippen molar-refractivity contribution in [3.05, 3.63) is 73.1 Å². The summed E-state index contributed by atoms with van der Waals surface area (Å²) in [6.07, 6.45) is 4.58. The molecule has 0 bridgehead atoms. The van der Waals surface area contributed by atoms with E-state index in [2.05, 4.69) is 21.9 Å². The van der Waals surface area contributed by atoms with Crippen molar-refractivity contribution < 1.29 is 9.53 Å². The summed E-state index contributed by atoms with van der Waals surface area (Å²) >= 11 is 0. The Morgan fingerprint density at radius 3 is 2.44 bits per heavy atom. The second kappa shape index (κ2) is 9.88. The van der Waals surface area contributed by atoms with Crippen LogP contribution >= 0.6 is 0 Å². The van der Waals surface area contributed by atoms with Crippen LogP contribution in [0.5, 0.6) is 11.5 Å². The van der Waals surface area contributed by atoms with Gasteiger partial charge in [0.05, 0.1) is 11.4 Å². The molecule has 0 saturated heterocycles. The fourth-order valence-electron chi connectivity index (χ4n) is 4.55. The number of rotatable bonds is 6. The number of nitrogen functional groups attached to an aromatic ring is 1. The van der Waals surface area contributed by atoms with Crippen molar-refractivity contribution >= 4 is 22.8 Å². The zero-order valence-electron chi connectivity index (χ0n) is 19.6. The molecule has 5 rings (SSSR count). The molecule has 9 heteroatoms. The summed E-state index contributed by atoms with van der Waals surface area (Å²) in [5, 5.41) is 17.4. The third-order valence-electron chi connectivity index (χ3n) is 6.41. The average Bonchev–Trinajstić information content (AvgIpc) is 3.30. The zero-order valence-corrected chi connectivity index (χ0v) is 19.6. The molecule has 36 heavy (non-hydrogen) atoms. The number of hydrogen-bond acceptors (Lipinski definition) is 7. The zero-order chi connectivity index (χ0) is 25.1. The van der Waals surface area contributed by atoms with Crippen molar-refractivity contribution in [2.45, 2.75) is 37.8 Å². The first-order chi connectivity index (χ1) is 17.5. The standard InChI is InChI=1S/C27H25N7O2/c1-17(15-28)27(35)32-19-9-11-20(12-10-19)34-26-23(25(29)30-16-31-26)24(33-34)18-7-13-22(14-8-18)36-21-5-3-2-4-6-21/h2-8,13-14,16,19-20H,1,9-12H2,(H,32,35)(H2,29,30,31)/t19-,20-. The minimum Gasteiger partial charge on any atom is -0.457 e. The SMILES string of the molecule is C=C(C#N)C(=O)N[C@H]1CC[C@H](n2nc(-c3ccc(Oc4ccccc4)cc3)c3c(N)ncnc32)CC1. The van der Waals surface area contributed by atoms with Crippen LogP contribution < -0.4 is 15.8 Å². The summed E-state index contributed by atoms with van der Waals surface area (Å²) in [5.74, 6) is 1.45. The topological polar surface area (TPSA) is 132 Å². The van der Waals surface area contributed by atoms with E-state index < -0.39 is 5.91 Å². The molecule has 1 saturated carbocycles. The Bertz CT molecular complexity index is 1450. The van der Waals surface area contributed by atoms with Crippen molar-refractivity contribution in [1.29, 1.82) is 5.26 Å². The molecule has 2 heterocycles. The summed E-state index contributed by atoms with van der Waals surface area (Å²) < 4.78 is 7.85. The van der Waals surface area contributed by atoms with Gasteiger partial charge in [-0.2, -0.15) is 10.4 Å². The van der Waals surface area contributed by atoms with Gasteiger partial charge in [0.2, 0.25) is 0 Å². The van der Waals surface area contributed by atoms with Crippen molar-refractivity contribution in [3.63, 3.8) is 0 Å². The largest absolute Gasteiger partial charge is 0.457 e. The number of nitrogens with two attached hydrogens (primary N) is 1. The summed E-state index contributed by atoms with van der Waals surface area (Å²) in [4.78, 5) is 20.7. The van der Waals surface area contributed by atoms with E-state index in [4.69, 9.17) is 20.8 Å². The van der Waals surface area contributed by atoms with E-state index in [1.807, 2.05) is 59.3 Å². The van der Waals surface area contributed by atoms with E-state index in [0.29, 0.717) is 11.5 Å². The molecule has 0 unspecified atom stereocenters. The molecular weight excluding hydrogens is 454 g/mol. The van der Waals surface area contributed by atoms with E-state index in [0.717, 1.165) is 53.8 Å². The molecule has 0 spiro atoms. The molecule has 1 amide bonds. The van der Waals surface area contributed by atoms with Gasteiger partial charge in [0.25, 0.3) is 5.91 Å². The van der Waals surface area contributed by atoms with Crippen LogP contribution in [0, 0.1) is 11.3 Å². The minimum atomic E-state index is -0.409. The van der Waals surface area contributed by atoms with Gasteiger partial charge < -0.3 is 15.8 Å². The van der Waals surface area contributed by atoms with E-state index >= 15 is 0 Å². The molecule has 1 aliphatic carbocycles. The molecule has 0 atom stereocenters. The molecule has 1 aliphatic rings. The van der Waals surface area contributed by atoms with Crippen LogP contribution in [0.4, 0.5) is 5.82 Å². The van der Waals surface area contributed by atoms with Crippen molar-refractivity contribution in [2.75, 3.05) is 5.73 Å². The van der Waals surface area contributed by atoms with Crippen LogP contribution in [0.25, 0.3) is 22.3 Å². The highest BCUT2D eigenvalue weighted by Crippen LogP contribution is 2.36. The van der Waals surface area contributed by atoms with Crippen molar-refractivity contribution in [3.8, 4) is 28.8 Å². The molecule has 0 aliphatic heterocycles. The third kappa shape index (κ3) is 4.61. The highest BCUT2D eigenvalue weighted by molar-refractivity contribution is 5.98. The second-order valence-corrected chi connectivity index (χ2v) is 8.76. The molecule has 1 fully saturated rings. The monoisotopic (exact) mass is 479 g/mol. The average molecular weight is 480 g/mol. The van der Waals surface area contributed by atoms with Gasteiger partial charge in [0.15, 0.2) is 5.65 Å². The lowest BCUT2D eigenvalue weighted by molar-refractivity contribution is -0.118. The normalized spacial score (nSPS) is 17.3. The fourth-order valence-corrected chi connectivity index (χ4v) is 4.55. The predicted octanol–water partition coefficient (Wildman–Crippen LogP) is 4.55. The number of carbonyl (C=O) groups excluding carboxylic acids is 1. The van der Waals surface area contributed by atoms with E-state index in [1.165, 1.54) is 6.33 Å². The predicted molar refractivity (Wildman–Crippen MR) is 136 cm³/mol. The van der Waals surface area contributed by atoms with Gasteiger partial charge in [0.1, 0.15) is 41.0 Å². The van der Waals surface area contributed by atoms with Crippen LogP contribution in [0.2, 0.25) is 0 Å². The molecule has 2 aromatic carbocycles. The maximum Gasteiger partial charge on any atom is 0.261 e. The van der Waals surface area contributed by atoms with Gasteiger partial charge in [-0.15, -0.1) is 0 Å². The molecule has 180 valence electrons.